The van der Waals surface area contributed by atoms with Gasteiger partial charge in [0.05, 0.1) is 5.92 Å². The molecule has 0 fully saturated rings. The molecule has 0 aromatic carbocycles. The minimum Gasteiger partial charge on any atom is -0.287 e. The van der Waals surface area contributed by atoms with E-state index in [1.807, 2.05) is 0 Å². The quantitative estimate of drug-likeness (QED) is 0.671. The molecule has 0 radical (unpaired) electrons. The Labute approximate surface area is 70.3 Å². The van der Waals surface area contributed by atoms with E-state index in [9.17, 15) is 4.79 Å². The lowest BCUT2D eigenvalue weighted by Gasteiger charge is -2.03. The maximum absolute atomic E-state index is 10.8. The minimum atomic E-state index is -0.223. The molecule has 1 unspecified atom stereocenters. The highest BCUT2D eigenvalue weighted by Crippen LogP contribution is 2.14. The predicted molar refractivity (Wildman–Crippen MR) is 44.4 cm³/mol. The number of aromatic nitrogens is 2. The summed E-state index contributed by atoms with van der Waals surface area (Å²) in [7, 11) is 0. The molecule has 0 aliphatic heterocycles. The second-order valence-corrected chi connectivity index (χ2v) is 2.67. The van der Waals surface area contributed by atoms with Gasteiger partial charge in [0.2, 0.25) is 0 Å². The number of carbonyl (C=O) groups is 1. The second kappa shape index (κ2) is 3.48. The van der Waals surface area contributed by atoms with Crippen LogP contribution in [0.1, 0.15) is 18.4 Å². The third-order valence-electron chi connectivity index (χ3n) is 1.45. The van der Waals surface area contributed by atoms with E-state index in [1.54, 1.807) is 19.3 Å². The van der Waals surface area contributed by atoms with Crippen molar-refractivity contribution < 1.29 is 4.79 Å². The van der Waals surface area contributed by atoms with Crippen LogP contribution in [-0.4, -0.2) is 15.1 Å². The Morgan fingerprint density at radius 1 is 1.55 bits per heavy atom. The van der Waals surface area contributed by atoms with Crippen LogP contribution in [-0.2, 0) is 4.79 Å². The predicted octanol–water partition coefficient (Wildman–Crippen LogP) is 1.04. The fourth-order valence-corrected chi connectivity index (χ4v) is 0.826. The topological polar surface area (TPSA) is 42.9 Å². The van der Waals surface area contributed by atoms with Crippen LogP contribution >= 0.6 is 12.6 Å². The Balaban J connectivity index is 2.85. The minimum absolute atomic E-state index is 0.167. The normalized spacial score (nSPS) is 12.5. The first-order chi connectivity index (χ1) is 5.22. The highest BCUT2D eigenvalue weighted by atomic mass is 32.1. The van der Waals surface area contributed by atoms with Gasteiger partial charge in [0.25, 0.3) is 0 Å². The zero-order chi connectivity index (χ0) is 8.27. The van der Waals surface area contributed by atoms with Crippen molar-refractivity contribution in [3.05, 3.63) is 24.3 Å². The van der Waals surface area contributed by atoms with Crippen molar-refractivity contribution in [2.45, 2.75) is 12.8 Å². The van der Waals surface area contributed by atoms with Crippen LogP contribution in [0.5, 0.6) is 0 Å². The van der Waals surface area contributed by atoms with E-state index in [0.717, 1.165) is 5.56 Å². The van der Waals surface area contributed by atoms with Crippen LogP contribution in [0.25, 0.3) is 0 Å². The van der Waals surface area contributed by atoms with Gasteiger partial charge in [-0.3, -0.25) is 4.79 Å². The number of hydrogen-bond acceptors (Lipinski definition) is 3. The van der Waals surface area contributed by atoms with Gasteiger partial charge >= 0.3 is 0 Å². The summed E-state index contributed by atoms with van der Waals surface area (Å²) < 4.78 is 0. The first-order valence-corrected chi connectivity index (χ1v) is 3.64. The average Bonchev–Trinajstić information content (AvgIpc) is 2.05. The molecule has 1 atom stereocenters. The zero-order valence-electron chi connectivity index (χ0n) is 6.06. The van der Waals surface area contributed by atoms with E-state index in [4.69, 9.17) is 0 Å². The molecule has 3 nitrogen and oxygen atoms in total. The van der Waals surface area contributed by atoms with Gasteiger partial charge in [-0.1, -0.05) is 6.92 Å². The molecule has 1 heterocycles. The van der Waals surface area contributed by atoms with Gasteiger partial charge in [-0.2, -0.15) is 0 Å². The molecule has 0 aliphatic carbocycles. The van der Waals surface area contributed by atoms with Gasteiger partial charge in [0.1, 0.15) is 6.33 Å². The third-order valence-corrected chi connectivity index (χ3v) is 1.84. The van der Waals surface area contributed by atoms with Gasteiger partial charge in [0, 0.05) is 12.4 Å². The first-order valence-electron chi connectivity index (χ1n) is 3.19. The maximum Gasteiger partial charge on any atom is 0.193 e. The average molecular weight is 168 g/mol. The molecule has 1 aromatic heterocycles. The lowest BCUT2D eigenvalue weighted by molar-refractivity contribution is -0.111. The highest BCUT2D eigenvalue weighted by Gasteiger charge is 2.10. The summed E-state index contributed by atoms with van der Waals surface area (Å²) in [5.41, 5.74) is 0.799. The molecule has 0 saturated heterocycles. The summed E-state index contributed by atoms with van der Waals surface area (Å²) in [5, 5.41) is -0.167. The van der Waals surface area contributed by atoms with Crippen LogP contribution < -0.4 is 0 Å². The summed E-state index contributed by atoms with van der Waals surface area (Å²) in [4.78, 5) is 18.3. The summed E-state index contributed by atoms with van der Waals surface area (Å²) >= 11 is 3.71. The van der Waals surface area contributed by atoms with Gasteiger partial charge in [-0.05, 0) is 5.56 Å². The van der Waals surface area contributed by atoms with Gasteiger partial charge < -0.3 is 0 Å². The molecule has 0 spiro atoms. The molecule has 0 amide bonds. The number of rotatable bonds is 2. The SMILES string of the molecule is CC(C(=O)S)c1cncnc1. The Morgan fingerprint density at radius 3 is 2.55 bits per heavy atom. The van der Waals surface area contributed by atoms with E-state index in [2.05, 4.69) is 22.6 Å². The van der Waals surface area contributed by atoms with Crippen molar-refractivity contribution >= 4 is 17.7 Å². The van der Waals surface area contributed by atoms with Crippen LogP contribution in [0.3, 0.4) is 0 Å². The van der Waals surface area contributed by atoms with Crippen molar-refractivity contribution in [3.63, 3.8) is 0 Å². The van der Waals surface area contributed by atoms with Crippen LogP contribution in [0, 0.1) is 0 Å². The lowest BCUT2D eigenvalue weighted by Crippen LogP contribution is -2.02. The highest BCUT2D eigenvalue weighted by molar-refractivity contribution is 7.96. The molecule has 1 aromatic rings. The number of thiol groups is 1. The van der Waals surface area contributed by atoms with Crippen molar-refractivity contribution in [1.29, 1.82) is 0 Å². The molecule has 0 bridgehead atoms. The first kappa shape index (κ1) is 8.20. The van der Waals surface area contributed by atoms with Crippen LogP contribution in [0.15, 0.2) is 18.7 Å². The largest absolute Gasteiger partial charge is 0.287 e. The van der Waals surface area contributed by atoms with Crippen LogP contribution in [0.4, 0.5) is 0 Å². The van der Waals surface area contributed by atoms with Gasteiger partial charge in [-0.15, -0.1) is 12.6 Å². The van der Waals surface area contributed by atoms with E-state index in [0.29, 0.717) is 0 Å². The summed E-state index contributed by atoms with van der Waals surface area (Å²) in [6.45, 7) is 1.77. The Kier molecular flexibility index (Phi) is 2.59. The second-order valence-electron chi connectivity index (χ2n) is 2.23. The monoisotopic (exact) mass is 168 g/mol. The molecule has 1 rings (SSSR count). The van der Waals surface area contributed by atoms with Crippen molar-refractivity contribution in [2.75, 3.05) is 0 Å². The van der Waals surface area contributed by atoms with E-state index < -0.39 is 0 Å². The number of nitrogens with zero attached hydrogens (tertiary/aromatic N) is 2. The lowest BCUT2D eigenvalue weighted by atomic mass is 10.1. The number of carbonyl (C=O) groups excluding carboxylic acids is 1. The zero-order valence-corrected chi connectivity index (χ0v) is 6.95. The standard InChI is InChI=1S/C7H8N2OS/c1-5(7(10)11)6-2-8-4-9-3-6/h2-5H,1H3,(H,10,11). The van der Waals surface area contributed by atoms with Gasteiger partial charge in [-0.25, -0.2) is 9.97 Å². The molecule has 0 aliphatic rings. The van der Waals surface area contributed by atoms with E-state index in [-0.39, 0.29) is 11.0 Å². The molecule has 0 saturated carbocycles. The molecule has 4 heteroatoms. The molecule has 0 N–H and O–H groups in total. The Morgan fingerprint density at radius 2 is 2.09 bits per heavy atom. The summed E-state index contributed by atoms with van der Waals surface area (Å²) in [6.07, 6.45) is 4.66. The molecular formula is C7H8N2OS. The molecule has 11 heavy (non-hydrogen) atoms. The Hall–Kier alpha value is -0.900. The van der Waals surface area contributed by atoms with E-state index in [1.165, 1.54) is 6.33 Å². The van der Waals surface area contributed by atoms with Crippen molar-refractivity contribution in [3.8, 4) is 0 Å². The van der Waals surface area contributed by atoms with Crippen molar-refractivity contribution in [1.82, 2.24) is 9.97 Å². The molecular weight excluding hydrogens is 160 g/mol. The summed E-state index contributed by atoms with van der Waals surface area (Å²) in [6, 6.07) is 0. The van der Waals surface area contributed by atoms with Crippen molar-refractivity contribution in [2.24, 2.45) is 0 Å². The smallest absolute Gasteiger partial charge is 0.193 e. The number of hydrogen-bond donors (Lipinski definition) is 1. The fraction of sp³-hybridized carbons (Fsp3) is 0.286. The Bertz CT molecular complexity index is 250. The molecule has 58 valence electrons. The van der Waals surface area contributed by atoms with E-state index >= 15 is 0 Å². The fourth-order valence-electron chi connectivity index (χ4n) is 0.677. The van der Waals surface area contributed by atoms with Gasteiger partial charge in [0.15, 0.2) is 5.12 Å². The maximum atomic E-state index is 10.8. The summed E-state index contributed by atoms with van der Waals surface area (Å²) in [5.74, 6) is -0.223. The van der Waals surface area contributed by atoms with Crippen LogP contribution in [0.2, 0.25) is 0 Å². The third kappa shape index (κ3) is 2.01.